The molecule has 1 heterocycles. The maximum absolute atomic E-state index is 12.2. The van der Waals surface area contributed by atoms with E-state index in [0.717, 1.165) is 11.1 Å². The Kier molecular flexibility index (Phi) is 6.42. The monoisotopic (exact) mass is 419 g/mol. The predicted molar refractivity (Wildman–Crippen MR) is 114 cm³/mol. The standard InChI is InChI=1S/C20H18ClNO3S2/c1-3-24-16-10-14(11-17-19(23)22(2)20(26)27-17)9-15(21)18(16)25-12-13-7-5-4-6-8-13/h4-11H,3,12H2,1-2H3/b17-11+. The molecule has 1 saturated heterocycles. The molecule has 0 N–H and O–H groups in total. The molecule has 0 radical (unpaired) electrons. The number of nitrogens with zero attached hydrogens (tertiary/aromatic N) is 1. The fourth-order valence-corrected chi connectivity index (χ4v) is 3.95. The molecule has 140 valence electrons. The molecule has 0 spiro atoms. The van der Waals surface area contributed by atoms with Crippen LogP contribution < -0.4 is 9.47 Å². The van der Waals surface area contributed by atoms with Crippen LogP contribution in [0.5, 0.6) is 11.5 Å². The first-order chi connectivity index (χ1) is 13.0. The first-order valence-corrected chi connectivity index (χ1v) is 9.94. The number of thiocarbonyl (C=S) groups is 1. The molecule has 1 fully saturated rings. The van der Waals surface area contributed by atoms with Gasteiger partial charge in [0.2, 0.25) is 0 Å². The molecule has 0 aromatic heterocycles. The molecule has 2 aromatic rings. The lowest BCUT2D eigenvalue weighted by Crippen LogP contribution is -2.22. The van der Waals surface area contributed by atoms with Gasteiger partial charge in [0.25, 0.3) is 5.91 Å². The van der Waals surface area contributed by atoms with Gasteiger partial charge in [-0.25, -0.2) is 0 Å². The molecule has 2 aromatic carbocycles. The Balaban J connectivity index is 1.88. The average Bonchev–Trinajstić information content (AvgIpc) is 2.89. The molecule has 0 saturated carbocycles. The van der Waals surface area contributed by atoms with Gasteiger partial charge in [-0.1, -0.05) is 65.9 Å². The number of halogens is 1. The zero-order valence-corrected chi connectivity index (χ0v) is 17.3. The molecule has 27 heavy (non-hydrogen) atoms. The van der Waals surface area contributed by atoms with Crippen LogP contribution in [0.4, 0.5) is 0 Å². The molecule has 1 aliphatic heterocycles. The summed E-state index contributed by atoms with van der Waals surface area (Å²) in [6.07, 6.45) is 1.76. The summed E-state index contributed by atoms with van der Waals surface area (Å²) in [4.78, 5) is 14.2. The largest absolute Gasteiger partial charge is 0.490 e. The topological polar surface area (TPSA) is 38.8 Å². The van der Waals surface area contributed by atoms with Crippen LogP contribution in [0.25, 0.3) is 6.08 Å². The van der Waals surface area contributed by atoms with Crippen LogP contribution in [0.1, 0.15) is 18.1 Å². The van der Waals surface area contributed by atoms with Crippen LogP contribution in [0.15, 0.2) is 47.4 Å². The molecule has 0 unspecified atom stereocenters. The Hall–Kier alpha value is -2.02. The molecule has 1 aliphatic rings. The Labute approximate surface area is 173 Å². The van der Waals surface area contributed by atoms with Crippen LogP contribution in [0, 0.1) is 0 Å². The second-order valence-corrected chi connectivity index (χ2v) is 7.86. The molecule has 7 heteroatoms. The van der Waals surface area contributed by atoms with Crippen LogP contribution in [-0.4, -0.2) is 28.8 Å². The maximum Gasteiger partial charge on any atom is 0.265 e. The van der Waals surface area contributed by atoms with Crippen molar-refractivity contribution in [1.29, 1.82) is 0 Å². The van der Waals surface area contributed by atoms with Gasteiger partial charge >= 0.3 is 0 Å². The number of hydrogen-bond acceptors (Lipinski definition) is 5. The van der Waals surface area contributed by atoms with Crippen molar-refractivity contribution in [2.75, 3.05) is 13.7 Å². The van der Waals surface area contributed by atoms with E-state index in [1.54, 1.807) is 19.2 Å². The summed E-state index contributed by atoms with van der Waals surface area (Å²) >= 11 is 12.9. The van der Waals surface area contributed by atoms with Crippen LogP contribution in [0.2, 0.25) is 5.02 Å². The van der Waals surface area contributed by atoms with Crippen molar-refractivity contribution < 1.29 is 14.3 Å². The average molecular weight is 420 g/mol. The van der Waals surface area contributed by atoms with Gasteiger partial charge in [0.1, 0.15) is 10.9 Å². The number of benzene rings is 2. The third kappa shape index (κ3) is 4.64. The van der Waals surface area contributed by atoms with Crippen LogP contribution in [0.3, 0.4) is 0 Å². The minimum Gasteiger partial charge on any atom is -0.490 e. The minimum absolute atomic E-state index is 0.122. The van der Waals surface area contributed by atoms with E-state index in [9.17, 15) is 4.79 Å². The molecular formula is C20H18ClNO3S2. The van der Waals surface area contributed by atoms with E-state index in [1.165, 1.54) is 16.7 Å². The number of carbonyl (C=O) groups is 1. The maximum atomic E-state index is 12.2. The van der Waals surface area contributed by atoms with Gasteiger partial charge in [-0.05, 0) is 36.3 Å². The summed E-state index contributed by atoms with van der Waals surface area (Å²) in [5.41, 5.74) is 1.79. The van der Waals surface area contributed by atoms with Gasteiger partial charge in [-0.3, -0.25) is 9.69 Å². The highest BCUT2D eigenvalue weighted by atomic mass is 35.5. The van der Waals surface area contributed by atoms with Gasteiger partial charge < -0.3 is 9.47 Å². The Morgan fingerprint density at radius 2 is 1.96 bits per heavy atom. The van der Waals surface area contributed by atoms with Crippen LogP contribution in [-0.2, 0) is 11.4 Å². The highest BCUT2D eigenvalue weighted by Gasteiger charge is 2.28. The fourth-order valence-electron chi connectivity index (χ4n) is 2.50. The van der Waals surface area contributed by atoms with E-state index in [2.05, 4.69) is 0 Å². The van der Waals surface area contributed by atoms with Crippen molar-refractivity contribution in [2.45, 2.75) is 13.5 Å². The lowest BCUT2D eigenvalue weighted by Gasteiger charge is -2.14. The van der Waals surface area contributed by atoms with Crippen molar-refractivity contribution in [1.82, 2.24) is 4.90 Å². The zero-order chi connectivity index (χ0) is 19.4. The number of thioether (sulfide) groups is 1. The summed E-state index contributed by atoms with van der Waals surface area (Å²) in [5.74, 6) is 0.908. The molecular weight excluding hydrogens is 402 g/mol. The lowest BCUT2D eigenvalue weighted by atomic mass is 10.1. The molecule has 0 bridgehead atoms. The number of likely N-dealkylation sites (N-methyl/N-ethyl adjacent to an activating group) is 1. The lowest BCUT2D eigenvalue weighted by molar-refractivity contribution is -0.121. The van der Waals surface area contributed by atoms with E-state index in [0.29, 0.717) is 39.0 Å². The quantitative estimate of drug-likeness (QED) is 0.478. The van der Waals surface area contributed by atoms with Gasteiger partial charge in [0, 0.05) is 7.05 Å². The number of amides is 1. The normalized spacial score (nSPS) is 15.5. The van der Waals surface area contributed by atoms with Crippen molar-refractivity contribution in [3.8, 4) is 11.5 Å². The second kappa shape index (κ2) is 8.78. The molecule has 3 rings (SSSR count). The minimum atomic E-state index is -0.122. The van der Waals surface area contributed by atoms with E-state index < -0.39 is 0 Å². The number of rotatable bonds is 6. The van der Waals surface area contributed by atoms with Crippen molar-refractivity contribution >= 4 is 51.9 Å². The summed E-state index contributed by atoms with van der Waals surface area (Å²) in [7, 11) is 1.66. The SMILES string of the molecule is CCOc1cc(/C=C2/SC(=S)N(C)C2=O)cc(Cl)c1OCc1ccccc1. The Morgan fingerprint density at radius 3 is 2.59 bits per heavy atom. The number of hydrogen-bond donors (Lipinski definition) is 0. The van der Waals surface area contributed by atoms with Crippen LogP contribution >= 0.6 is 35.6 Å². The van der Waals surface area contributed by atoms with Gasteiger partial charge in [0.05, 0.1) is 16.5 Å². The summed E-state index contributed by atoms with van der Waals surface area (Å²) < 4.78 is 12.2. The highest BCUT2D eigenvalue weighted by molar-refractivity contribution is 8.26. The Bertz CT molecular complexity index is 900. The molecule has 4 nitrogen and oxygen atoms in total. The first-order valence-electron chi connectivity index (χ1n) is 8.34. The van der Waals surface area contributed by atoms with Crippen molar-refractivity contribution in [3.05, 3.63) is 63.5 Å². The highest BCUT2D eigenvalue weighted by Crippen LogP contribution is 2.39. The zero-order valence-electron chi connectivity index (χ0n) is 14.9. The first kappa shape index (κ1) is 19.7. The third-order valence-corrected chi connectivity index (χ3v) is 5.61. The fraction of sp³-hybridized carbons (Fsp3) is 0.200. The third-order valence-electron chi connectivity index (χ3n) is 3.84. The van der Waals surface area contributed by atoms with Gasteiger partial charge in [-0.2, -0.15) is 0 Å². The molecule has 0 atom stereocenters. The molecule has 1 amide bonds. The number of carbonyl (C=O) groups excluding carboxylic acids is 1. The Morgan fingerprint density at radius 1 is 1.22 bits per heavy atom. The van der Waals surface area contributed by atoms with Gasteiger partial charge in [-0.15, -0.1) is 0 Å². The predicted octanol–water partition coefficient (Wildman–Crippen LogP) is 5.15. The van der Waals surface area contributed by atoms with E-state index in [1.807, 2.05) is 43.3 Å². The number of ether oxygens (including phenoxy) is 2. The summed E-state index contributed by atoms with van der Waals surface area (Å²) in [6.45, 7) is 2.75. The summed E-state index contributed by atoms with van der Waals surface area (Å²) in [6, 6.07) is 13.4. The van der Waals surface area contributed by atoms with Crippen molar-refractivity contribution in [2.24, 2.45) is 0 Å². The molecule has 0 aliphatic carbocycles. The van der Waals surface area contributed by atoms with E-state index >= 15 is 0 Å². The van der Waals surface area contributed by atoms with E-state index in [4.69, 9.17) is 33.3 Å². The van der Waals surface area contributed by atoms with Gasteiger partial charge in [0.15, 0.2) is 11.5 Å². The van der Waals surface area contributed by atoms with E-state index in [-0.39, 0.29) is 5.91 Å². The summed E-state index contributed by atoms with van der Waals surface area (Å²) in [5, 5.41) is 0.426. The smallest absolute Gasteiger partial charge is 0.265 e. The second-order valence-electron chi connectivity index (χ2n) is 5.78. The van der Waals surface area contributed by atoms with Crippen molar-refractivity contribution in [3.63, 3.8) is 0 Å².